The van der Waals surface area contributed by atoms with E-state index in [1.165, 1.54) is 6.20 Å². The highest BCUT2D eigenvalue weighted by atomic mass is 79.9. The van der Waals surface area contributed by atoms with Gasteiger partial charge in [0.1, 0.15) is 5.15 Å². The summed E-state index contributed by atoms with van der Waals surface area (Å²) < 4.78 is 0.577. The van der Waals surface area contributed by atoms with Crippen LogP contribution in [0.3, 0.4) is 0 Å². The Kier molecular flexibility index (Phi) is 4.42. The normalized spacial score (nSPS) is 22.2. The summed E-state index contributed by atoms with van der Waals surface area (Å²) in [5, 5.41) is 12.1. The van der Waals surface area contributed by atoms with Crippen molar-refractivity contribution in [2.45, 2.75) is 19.3 Å². The molecule has 2 atom stereocenters. The average Bonchev–Trinajstić information content (AvgIpc) is 2.83. The molecule has 2 N–H and O–H groups in total. The Labute approximate surface area is 123 Å². The maximum Gasteiger partial charge on any atom is 0.307 e. The number of carboxylic acid groups (broad SMARTS) is 1. The number of nitrogens with zero attached hydrogens (tertiary/aromatic N) is 1. The number of carbonyl (C=O) groups is 2. The van der Waals surface area contributed by atoms with Gasteiger partial charge in [-0.1, -0.05) is 18.0 Å². The lowest BCUT2D eigenvalue weighted by Crippen LogP contribution is -2.30. The molecule has 0 saturated heterocycles. The van der Waals surface area contributed by atoms with Gasteiger partial charge in [-0.15, -0.1) is 0 Å². The Hall–Kier alpha value is -1.14. The van der Waals surface area contributed by atoms with E-state index in [1.54, 1.807) is 6.07 Å². The molecule has 1 aliphatic rings. The Morgan fingerprint density at radius 2 is 2.11 bits per heavy atom. The lowest BCUT2D eigenvalue weighted by Gasteiger charge is -2.15. The topological polar surface area (TPSA) is 79.3 Å². The first kappa shape index (κ1) is 14.3. The van der Waals surface area contributed by atoms with E-state index in [0.717, 1.165) is 6.42 Å². The molecule has 0 bridgehead atoms. The highest BCUT2D eigenvalue weighted by molar-refractivity contribution is 9.10. The number of hydrogen-bond donors (Lipinski definition) is 2. The van der Waals surface area contributed by atoms with Gasteiger partial charge in [0.25, 0.3) is 0 Å². The van der Waals surface area contributed by atoms with Crippen LogP contribution >= 0.6 is 27.5 Å². The molecule has 0 aromatic carbocycles. The molecule has 2 rings (SSSR count). The van der Waals surface area contributed by atoms with Gasteiger partial charge in [0.2, 0.25) is 5.91 Å². The second-order valence-electron chi connectivity index (χ2n) is 4.47. The molecule has 102 valence electrons. The standard InChI is InChI=1S/C12H12BrClN2O3/c13-9-4-6(5-15-10(9)14)16-11(17)7-2-1-3-8(7)12(18)19/h4-5,7-8H,1-3H2,(H,16,17)(H,18,19)/t7-,8+/m1/s1. The molecule has 1 heterocycles. The number of carboxylic acids is 1. The highest BCUT2D eigenvalue weighted by Crippen LogP contribution is 2.33. The molecule has 1 aromatic heterocycles. The number of nitrogens with one attached hydrogen (secondary N) is 1. The summed E-state index contributed by atoms with van der Waals surface area (Å²) in [5.74, 6) is -2.26. The van der Waals surface area contributed by atoms with Crippen molar-refractivity contribution in [2.75, 3.05) is 5.32 Å². The first-order chi connectivity index (χ1) is 8.99. The van der Waals surface area contributed by atoms with Crippen LogP contribution in [0.1, 0.15) is 19.3 Å². The van der Waals surface area contributed by atoms with Gasteiger partial charge in [-0.05, 0) is 34.8 Å². The highest BCUT2D eigenvalue weighted by Gasteiger charge is 2.37. The maximum absolute atomic E-state index is 12.1. The molecule has 0 unspecified atom stereocenters. The van der Waals surface area contributed by atoms with Crippen LogP contribution in [-0.2, 0) is 9.59 Å². The number of halogens is 2. The van der Waals surface area contributed by atoms with Crippen LogP contribution in [0.2, 0.25) is 5.15 Å². The second-order valence-corrected chi connectivity index (χ2v) is 5.68. The molecule has 1 saturated carbocycles. The number of amides is 1. The van der Waals surface area contributed by atoms with E-state index in [9.17, 15) is 9.59 Å². The first-order valence-corrected chi connectivity index (χ1v) is 7.01. The van der Waals surface area contributed by atoms with E-state index in [0.29, 0.717) is 28.2 Å². The van der Waals surface area contributed by atoms with Crippen molar-refractivity contribution < 1.29 is 14.7 Å². The summed E-state index contributed by atoms with van der Waals surface area (Å²) in [4.78, 5) is 27.0. The van der Waals surface area contributed by atoms with E-state index in [1.807, 2.05) is 0 Å². The molecule has 0 spiro atoms. The molecule has 1 amide bonds. The smallest absolute Gasteiger partial charge is 0.307 e. The molecule has 0 aliphatic heterocycles. The summed E-state index contributed by atoms with van der Waals surface area (Å²) in [6, 6.07) is 1.64. The number of carbonyl (C=O) groups excluding carboxylic acids is 1. The van der Waals surface area contributed by atoms with Crippen LogP contribution in [0.25, 0.3) is 0 Å². The van der Waals surface area contributed by atoms with E-state index in [2.05, 4.69) is 26.2 Å². The predicted molar refractivity (Wildman–Crippen MR) is 74.0 cm³/mol. The lowest BCUT2D eigenvalue weighted by atomic mass is 9.95. The fraction of sp³-hybridized carbons (Fsp3) is 0.417. The fourth-order valence-electron chi connectivity index (χ4n) is 2.29. The Bertz CT molecular complexity index is 524. The van der Waals surface area contributed by atoms with Gasteiger partial charge in [0.15, 0.2) is 0 Å². The number of aromatic nitrogens is 1. The molecule has 7 heteroatoms. The quantitative estimate of drug-likeness (QED) is 0.824. The first-order valence-electron chi connectivity index (χ1n) is 5.83. The number of hydrogen-bond acceptors (Lipinski definition) is 3. The van der Waals surface area contributed by atoms with Crippen molar-refractivity contribution in [1.82, 2.24) is 4.98 Å². The SMILES string of the molecule is O=C(O)[C@H]1CCC[C@H]1C(=O)Nc1cnc(Cl)c(Br)c1. The van der Waals surface area contributed by atoms with Gasteiger partial charge in [-0.25, -0.2) is 4.98 Å². The van der Waals surface area contributed by atoms with E-state index >= 15 is 0 Å². The third-order valence-electron chi connectivity index (χ3n) is 3.23. The minimum Gasteiger partial charge on any atom is -0.481 e. The molecule has 0 radical (unpaired) electrons. The van der Waals surface area contributed by atoms with Gasteiger partial charge in [0, 0.05) is 0 Å². The lowest BCUT2D eigenvalue weighted by molar-refractivity contribution is -0.145. The van der Waals surface area contributed by atoms with Crippen LogP contribution in [-0.4, -0.2) is 22.0 Å². The van der Waals surface area contributed by atoms with Crippen molar-refractivity contribution >= 4 is 45.1 Å². The van der Waals surface area contributed by atoms with Crippen LogP contribution in [0.4, 0.5) is 5.69 Å². The number of anilines is 1. The molecule has 1 aliphatic carbocycles. The minimum absolute atomic E-state index is 0.277. The van der Waals surface area contributed by atoms with Crippen molar-refractivity contribution in [3.8, 4) is 0 Å². The largest absolute Gasteiger partial charge is 0.481 e. The van der Waals surface area contributed by atoms with Crippen molar-refractivity contribution in [3.05, 3.63) is 21.9 Å². The zero-order valence-electron chi connectivity index (χ0n) is 9.90. The molecule has 1 aromatic rings. The van der Waals surface area contributed by atoms with Crippen LogP contribution in [0.15, 0.2) is 16.7 Å². The van der Waals surface area contributed by atoms with E-state index in [4.69, 9.17) is 16.7 Å². The third kappa shape index (κ3) is 3.25. The summed E-state index contributed by atoms with van der Waals surface area (Å²) in [7, 11) is 0. The molecule has 1 fully saturated rings. The van der Waals surface area contributed by atoms with Gasteiger partial charge >= 0.3 is 5.97 Å². The van der Waals surface area contributed by atoms with Crippen LogP contribution in [0.5, 0.6) is 0 Å². The van der Waals surface area contributed by atoms with Crippen molar-refractivity contribution in [3.63, 3.8) is 0 Å². The maximum atomic E-state index is 12.1. The van der Waals surface area contributed by atoms with Gasteiger partial charge < -0.3 is 10.4 Å². The van der Waals surface area contributed by atoms with E-state index in [-0.39, 0.29) is 5.91 Å². The zero-order valence-corrected chi connectivity index (χ0v) is 12.2. The summed E-state index contributed by atoms with van der Waals surface area (Å²) in [6.45, 7) is 0. The second kappa shape index (κ2) is 5.88. The summed E-state index contributed by atoms with van der Waals surface area (Å²) in [6.07, 6.45) is 3.36. The summed E-state index contributed by atoms with van der Waals surface area (Å²) >= 11 is 8.98. The van der Waals surface area contributed by atoms with Crippen molar-refractivity contribution in [2.24, 2.45) is 11.8 Å². The molecule has 19 heavy (non-hydrogen) atoms. The summed E-state index contributed by atoms with van der Waals surface area (Å²) in [5.41, 5.74) is 0.498. The Morgan fingerprint density at radius 1 is 1.42 bits per heavy atom. The van der Waals surface area contributed by atoms with Gasteiger partial charge in [-0.2, -0.15) is 0 Å². The third-order valence-corrected chi connectivity index (χ3v) is 4.37. The minimum atomic E-state index is -0.909. The van der Waals surface area contributed by atoms with Crippen molar-refractivity contribution in [1.29, 1.82) is 0 Å². The Balaban J connectivity index is 2.08. The molecular formula is C12H12BrClN2O3. The zero-order chi connectivity index (χ0) is 14.0. The van der Waals surface area contributed by atoms with Gasteiger partial charge in [-0.3, -0.25) is 9.59 Å². The van der Waals surface area contributed by atoms with Crippen LogP contribution in [0, 0.1) is 11.8 Å². The molecule has 5 nitrogen and oxygen atoms in total. The number of aliphatic carboxylic acids is 1. The number of pyridine rings is 1. The fourth-order valence-corrected chi connectivity index (χ4v) is 2.75. The average molecular weight is 348 g/mol. The van der Waals surface area contributed by atoms with Crippen LogP contribution < -0.4 is 5.32 Å². The van der Waals surface area contributed by atoms with Gasteiger partial charge in [0.05, 0.1) is 28.2 Å². The predicted octanol–water partition coefficient (Wildman–Crippen LogP) is 2.94. The van der Waals surface area contributed by atoms with E-state index < -0.39 is 17.8 Å². The number of rotatable bonds is 3. The Morgan fingerprint density at radius 3 is 2.74 bits per heavy atom. The molecular weight excluding hydrogens is 336 g/mol. The monoisotopic (exact) mass is 346 g/mol.